The van der Waals surface area contributed by atoms with Crippen molar-refractivity contribution in [3.63, 3.8) is 0 Å². The molecule has 29 heavy (non-hydrogen) atoms. The molecule has 0 unspecified atom stereocenters. The number of nitrogen functional groups attached to an aromatic ring is 1. The quantitative estimate of drug-likeness (QED) is 0.301. The minimum absolute atomic E-state index is 0.0659. The molecule has 0 saturated heterocycles. The summed E-state index contributed by atoms with van der Waals surface area (Å²) in [5.41, 5.74) is 9.34. The SMILES string of the molecule is COc1ccc(Nc2nc(-n3c(C)nc4ccc([NH2+]O)cc43)nc(N)c2F)cc1. The second-order valence-electron chi connectivity index (χ2n) is 6.30. The van der Waals surface area contributed by atoms with Gasteiger partial charge in [0.2, 0.25) is 11.8 Å². The van der Waals surface area contributed by atoms with Gasteiger partial charge < -0.3 is 15.8 Å². The molecule has 0 radical (unpaired) electrons. The van der Waals surface area contributed by atoms with E-state index in [0.29, 0.717) is 34.0 Å². The summed E-state index contributed by atoms with van der Waals surface area (Å²) in [6, 6.07) is 12.2. The van der Waals surface area contributed by atoms with E-state index in [1.807, 2.05) is 0 Å². The van der Waals surface area contributed by atoms with Crippen LogP contribution in [0.5, 0.6) is 5.75 Å². The van der Waals surface area contributed by atoms with Gasteiger partial charge in [0, 0.05) is 17.8 Å². The van der Waals surface area contributed by atoms with E-state index >= 15 is 0 Å². The Balaban J connectivity index is 1.81. The molecule has 2 heterocycles. The minimum Gasteiger partial charge on any atom is -0.497 e. The van der Waals surface area contributed by atoms with Crippen LogP contribution in [0, 0.1) is 12.7 Å². The molecule has 0 spiro atoms. The van der Waals surface area contributed by atoms with Crippen LogP contribution in [0.2, 0.25) is 0 Å². The van der Waals surface area contributed by atoms with Crippen LogP contribution in [0.4, 0.5) is 27.4 Å². The number of hydrogen-bond acceptors (Lipinski definition) is 7. The minimum atomic E-state index is -0.754. The van der Waals surface area contributed by atoms with Crippen molar-refractivity contribution < 1.29 is 19.8 Å². The molecule has 0 amide bonds. The van der Waals surface area contributed by atoms with Gasteiger partial charge in [-0.15, -0.1) is 0 Å². The number of quaternary nitrogens is 1. The molecule has 0 fully saturated rings. The zero-order chi connectivity index (χ0) is 20.5. The van der Waals surface area contributed by atoms with Crippen molar-refractivity contribution >= 4 is 34.0 Å². The van der Waals surface area contributed by atoms with Crippen molar-refractivity contribution in [2.45, 2.75) is 6.92 Å². The lowest BCUT2D eigenvalue weighted by Gasteiger charge is -2.12. The number of methoxy groups -OCH3 is 1. The number of hydrogen-bond donors (Lipinski definition) is 4. The van der Waals surface area contributed by atoms with Crippen LogP contribution in [0.15, 0.2) is 42.5 Å². The van der Waals surface area contributed by atoms with Crippen molar-refractivity contribution in [1.29, 1.82) is 0 Å². The van der Waals surface area contributed by atoms with Crippen molar-refractivity contribution in [3.05, 3.63) is 54.1 Å². The number of nitrogens with one attached hydrogen (secondary N) is 1. The number of halogens is 1. The molecule has 10 heteroatoms. The Hall–Kier alpha value is -3.76. The summed E-state index contributed by atoms with van der Waals surface area (Å²) in [5, 5.41) is 12.2. The van der Waals surface area contributed by atoms with Crippen LogP contribution in [0.3, 0.4) is 0 Å². The van der Waals surface area contributed by atoms with Gasteiger partial charge >= 0.3 is 0 Å². The van der Waals surface area contributed by atoms with Gasteiger partial charge in [-0.25, -0.2) is 10.2 Å². The molecule has 0 bridgehead atoms. The summed E-state index contributed by atoms with van der Waals surface area (Å²) in [6.07, 6.45) is 0. The Morgan fingerprint density at radius 2 is 1.90 bits per heavy atom. The molecule has 0 atom stereocenters. The molecule has 0 aliphatic heterocycles. The van der Waals surface area contributed by atoms with E-state index in [0.717, 1.165) is 5.48 Å². The van der Waals surface area contributed by atoms with Crippen LogP contribution in [0.25, 0.3) is 17.0 Å². The number of imidazole rings is 1. The summed E-state index contributed by atoms with van der Waals surface area (Å²) in [6.45, 7) is 1.78. The van der Waals surface area contributed by atoms with Gasteiger partial charge in [0.05, 0.1) is 18.1 Å². The predicted molar refractivity (Wildman–Crippen MR) is 105 cm³/mol. The van der Waals surface area contributed by atoms with Crippen molar-refractivity contribution in [1.82, 2.24) is 19.5 Å². The van der Waals surface area contributed by atoms with E-state index in [-0.39, 0.29) is 17.6 Å². The monoisotopic (exact) mass is 396 g/mol. The molecule has 0 saturated carbocycles. The first-order chi connectivity index (χ1) is 14.0. The van der Waals surface area contributed by atoms with E-state index in [9.17, 15) is 9.60 Å². The summed E-state index contributed by atoms with van der Waals surface area (Å²) >= 11 is 0. The van der Waals surface area contributed by atoms with E-state index in [2.05, 4.69) is 20.3 Å². The molecule has 9 nitrogen and oxygen atoms in total. The molecule has 4 rings (SSSR count). The van der Waals surface area contributed by atoms with Crippen LogP contribution >= 0.6 is 0 Å². The highest BCUT2D eigenvalue weighted by Crippen LogP contribution is 2.26. The smallest absolute Gasteiger partial charge is 0.239 e. The number of aryl methyl sites for hydroxylation is 1. The largest absolute Gasteiger partial charge is 0.497 e. The second kappa shape index (κ2) is 7.34. The van der Waals surface area contributed by atoms with Crippen molar-refractivity contribution in [2.24, 2.45) is 0 Å². The zero-order valence-corrected chi connectivity index (χ0v) is 15.7. The molecule has 148 valence electrons. The first kappa shape index (κ1) is 18.6. The summed E-state index contributed by atoms with van der Waals surface area (Å²) in [4.78, 5) is 12.9. The number of benzene rings is 2. The van der Waals surface area contributed by atoms with E-state index in [1.54, 1.807) is 61.1 Å². The maximum Gasteiger partial charge on any atom is 0.239 e. The van der Waals surface area contributed by atoms with Crippen LogP contribution < -0.4 is 21.3 Å². The zero-order valence-electron chi connectivity index (χ0n) is 15.7. The number of anilines is 3. The highest BCUT2D eigenvalue weighted by molar-refractivity contribution is 5.80. The highest BCUT2D eigenvalue weighted by atomic mass is 19.1. The third-order valence-electron chi connectivity index (χ3n) is 4.41. The first-order valence-corrected chi connectivity index (χ1v) is 8.71. The van der Waals surface area contributed by atoms with Gasteiger partial charge in [-0.3, -0.25) is 4.57 Å². The van der Waals surface area contributed by atoms with Gasteiger partial charge in [0.15, 0.2) is 17.3 Å². The molecular formula is C19H19FN7O2+. The Morgan fingerprint density at radius 1 is 1.14 bits per heavy atom. The molecule has 6 N–H and O–H groups in total. The van der Waals surface area contributed by atoms with E-state index in [1.165, 1.54) is 0 Å². The number of aromatic nitrogens is 4. The molecule has 4 aromatic rings. The van der Waals surface area contributed by atoms with Gasteiger partial charge in [0.1, 0.15) is 11.6 Å². The number of ether oxygens (including phenoxy) is 1. The predicted octanol–water partition coefficient (Wildman–Crippen LogP) is 2.18. The number of rotatable bonds is 5. The standard InChI is InChI=1S/C19H18FN7O2/c1-10-22-14-8-5-12(26-28)9-15(14)27(10)19-24-17(21)16(20)18(25-19)23-11-3-6-13(29-2)7-4-11/h3-9,26,28H,1-2H3,(H3,21,23,24,25)/p+1. The Labute approximate surface area is 165 Å². The average molecular weight is 396 g/mol. The van der Waals surface area contributed by atoms with Crippen LogP contribution in [-0.4, -0.2) is 31.8 Å². The maximum atomic E-state index is 14.6. The lowest BCUT2D eigenvalue weighted by Crippen LogP contribution is -2.73. The van der Waals surface area contributed by atoms with E-state index < -0.39 is 5.82 Å². The second-order valence-corrected chi connectivity index (χ2v) is 6.30. The average Bonchev–Trinajstić information content (AvgIpc) is 3.06. The van der Waals surface area contributed by atoms with Crippen molar-refractivity contribution in [3.8, 4) is 11.7 Å². The molecule has 0 aliphatic carbocycles. The fraction of sp³-hybridized carbons (Fsp3) is 0.105. The van der Waals surface area contributed by atoms with Crippen LogP contribution in [0.1, 0.15) is 5.82 Å². The lowest BCUT2D eigenvalue weighted by molar-refractivity contribution is -0.825. The highest BCUT2D eigenvalue weighted by Gasteiger charge is 2.18. The lowest BCUT2D eigenvalue weighted by atomic mass is 10.3. The van der Waals surface area contributed by atoms with Gasteiger partial charge in [-0.1, -0.05) is 0 Å². The van der Waals surface area contributed by atoms with Crippen LogP contribution in [-0.2, 0) is 0 Å². The normalized spacial score (nSPS) is 11.0. The Kier molecular flexibility index (Phi) is 4.71. The third kappa shape index (κ3) is 3.42. The molecule has 2 aromatic heterocycles. The van der Waals surface area contributed by atoms with Gasteiger partial charge in [-0.05, 0) is 37.3 Å². The fourth-order valence-corrected chi connectivity index (χ4v) is 2.99. The molecule has 0 aliphatic rings. The van der Waals surface area contributed by atoms with E-state index in [4.69, 9.17) is 10.5 Å². The van der Waals surface area contributed by atoms with Crippen molar-refractivity contribution in [2.75, 3.05) is 18.2 Å². The first-order valence-electron chi connectivity index (χ1n) is 8.71. The summed E-state index contributed by atoms with van der Waals surface area (Å²) in [7, 11) is 1.57. The van der Waals surface area contributed by atoms with Gasteiger partial charge in [-0.2, -0.15) is 19.8 Å². The summed E-state index contributed by atoms with van der Waals surface area (Å²) < 4.78 is 21.4. The number of nitrogens with zero attached hydrogens (tertiary/aromatic N) is 4. The van der Waals surface area contributed by atoms with Gasteiger partial charge in [0.25, 0.3) is 0 Å². The summed E-state index contributed by atoms with van der Waals surface area (Å²) in [5.74, 6) is 0.319. The number of fused-ring (bicyclic) bond motifs is 1. The maximum absolute atomic E-state index is 14.6. The Bertz CT molecular complexity index is 1190. The molecule has 2 aromatic carbocycles. The number of nitrogens with two attached hydrogens (primary N) is 2. The topological polar surface area (TPSA) is 128 Å². The Morgan fingerprint density at radius 3 is 2.59 bits per heavy atom. The third-order valence-corrected chi connectivity index (χ3v) is 4.41. The fourth-order valence-electron chi connectivity index (χ4n) is 2.99. The molecular weight excluding hydrogens is 377 g/mol.